The lowest BCUT2D eigenvalue weighted by molar-refractivity contribution is 0.102. The molecule has 0 atom stereocenters. The first-order chi connectivity index (χ1) is 9.52. The van der Waals surface area contributed by atoms with E-state index >= 15 is 0 Å². The number of amides is 1. The molecule has 0 aliphatic carbocycles. The number of nitrogens with zero attached hydrogens (tertiary/aromatic N) is 1. The topological polar surface area (TPSA) is 101 Å². The van der Waals surface area contributed by atoms with E-state index < -0.39 is 5.91 Å². The average molecular weight is 294 g/mol. The smallest absolute Gasteiger partial charge is 0.260 e. The van der Waals surface area contributed by atoms with Crippen LogP contribution in [0.5, 0.6) is 0 Å². The monoisotopic (exact) mass is 293 g/mol. The number of furan rings is 1. The first kappa shape index (κ1) is 14.0. The number of halogens is 1. The van der Waals surface area contributed by atoms with Crippen molar-refractivity contribution in [2.75, 3.05) is 5.32 Å². The van der Waals surface area contributed by atoms with Gasteiger partial charge in [-0.3, -0.25) is 4.79 Å². The van der Waals surface area contributed by atoms with Crippen molar-refractivity contribution in [3.8, 4) is 0 Å². The van der Waals surface area contributed by atoms with Gasteiger partial charge in [-0.05, 0) is 36.2 Å². The van der Waals surface area contributed by atoms with Crippen LogP contribution in [0.1, 0.15) is 21.5 Å². The average Bonchev–Trinajstić information content (AvgIpc) is 2.86. The second-order valence-corrected chi connectivity index (χ2v) is 4.42. The molecule has 0 unspecified atom stereocenters. The molecule has 4 N–H and O–H groups in total. The van der Waals surface area contributed by atoms with E-state index in [4.69, 9.17) is 27.0 Å². The van der Waals surface area contributed by atoms with E-state index in [0.717, 1.165) is 5.56 Å². The molecule has 7 heteroatoms. The Morgan fingerprint density at radius 3 is 2.80 bits per heavy atom. The van der Waals surface area contributed by atoms with Crippen LogP contribution in [0.25, 0.3) is 0 Å². The van der Waals surface area contributed by atoms with E-state index in [1.165, 1.54) is 12.3 Å². The second kappa shape index (κ2) is 5.66. The number of nitrogens with one attached hydrogen (secondary N) is 1. The fourth-order valence-electron chi connectivity index (χ4n) is 1.62. The lowest BCUT2D eigenvalue weighted by Crippen LogP contribution is -2.16. The lowest BCUT2D eigenvalue weighted by atomic mass is 10.1. The molecular weight excluding hydrogens is 282 g/mol. The van der Waals surface area contributed by atoms with E-state index in [1.54, 1.807) is 18.2 Å². The normalized spacial score (nSPS) is 11.4. The summed E-state index contributed by atoms with van der Waals surface area (Å²) >= 11 is 5.75. The van der Waals surface area contributed by atoms with Crippen LogP contribution in [0.15, 0.2) is 40.1 Å². The first-order valence-electron chi connectivity index (χ1n) is 5.66. The summed E-state index contributed by atoms with van der Waals surface area (Å²) in [7, 11) is 0. The van der Waals surface area contributed by atoms with Gasteiger partial charge in [-0.1, -0.05) is 17.3 Å². The maximum absolute atomic E-state index is 12.0. The number of aryl methyl sites for hydroxylation is 1. The number of amidine groups is 1. The predicted molar refractivity (Wildman–Crippen MR) is 75.4 cm³/mol. The van der Waals surface area contributed by atoms with E-state index in [1.807, 2.05) is 6.92 Å². The van der Waals surface area contributed by atoms with Crippen LogP contribution in [0, 0.1) is 6.92 Å². The minimum absolute atomic E-state index is 0.0211. The number of rotatable bonds is 3. The number of nitrogens with two attached hydrogens (primary N) is 1. The molecule has 1 aromatic heterocycles. The maximum atomic E-state index is 12.0. The van der Waals surface area contributed by atoms with Gasteiger partial charge in [-0.2, -0.15) is 0 Å². The van der Waals surface area contributed by atoms with Gasteiger partial charge in [0.05, 0.1) is 11.8 Å². The van der Waals surface area contributed by atoms with Gasteiger partial charge in [-0.25, -0.2) is 0 Å². The van der Waals surface area contributed by atoms with E-state index in [-0.39, 0.29) is 16.6 Å². The van der Waals surface area contributed by atoms with Gasteiger partial charge in [0.2, 0.25) is 5.22 Å². The molecule has 0 saturated carbocycles. The summed E-state index contributed by atoms with van der Waals surface area (Å²) in [5.74, 6) is -0.439. The van der Waals surface area contributed by atoms with Crippen molar-refractivity contribution >= 4 is 29.0 Å². The number of carbonyl (C=O) groups is 1. The molecule has 1 heterocycles. The van der Waals surface area contributed by atoms with Crippen molar-refractivity contribution in [2.45, 2.75) is 6.92 Å². The summed E-state index contributed by atoms with van der Waals surface area (Å²) in [5, 5.41) is 14.3. The summed E-state index contributed by atoms with van der Waals surface area (Å²) in [6.45, 7) is 1.82. The Morgan fingerprint density at radius 1 is 1.45 bits per heavy atom. The van der Waals surface area contributed by atoms with Crippen LogP contribution in [-0.4, -0.2) is 17.0 Å². The quantitative estimate of drug-likeness (QED) is 0.350. The van der Waals surface area contributed by atoms with Gasteiger partial charge < -0.3 is 20.7 Å². The van der Waals surface area contributed by atoms with Gasteiger partial charge in [0.1, 0.15) is 0 Å². The van der Waals surface area contributed by atoms with Crippen LogP contribution in [-0.2, 0) is 0 Å². The van der Waals surface area contributed by atoms with Crippen molar-refractivity contribution < 1.29 is 14.4 Å². The minimum Gasteiger partial charge on any atom is -0.452 e. The Labute approximate surface area is 119 Å². The minimum atomic E-state index is -0.400. The highest BCUT2D eigenvalue weighted by Crippen LogP contribution is 2.21. The standard InChI is InChI=1S/C13H12ClN3O3/c1-7-2-3-8(12(15)17-19)6-10(7)16-13(18)9-4-5-20-11(9)14/h2-6,19H,1H3,(H2,15,17)(H,16,18). The molecule has 1 aromatic carbocycles. The third-order valence-electron chi connectivity index (χ3n) is 2.75. The Morgan fingerprint density at radius 2 is 2.20 bits per heavy atom. The fraction of sp³-hybridized carbons (Fsp3) is 0.0769. The number of benzene rings is 1. The molecule has 0 aliphatic heterocycles. The summed E-state index contributed by atoms with van der Waals surface area (Å²) in [4.78, 5) is 12.0. The van der Waals surface area contributed by atoms with Crippen LogP contribution < -0.4 is 11.1 Å². The Bertz CT molecular complexity index is 679. The van der Waals surface area contributed by atoms with Crippen LogP contribution in [0.2, 0.25) is 5.22 Å². The highest BCUT2D eigenvalue weighted by molar-refractivity contribution is 6.32. The number of oxime groups is 1. The zero-order valence-corrected chi connectivity index (χ0v) is 11.3. The van der Waals surface area contributed by atoms with Crippen LogP contribution in [0.4, 0.5) is 5.69 Å². The first-order valence-corrected chi connectivity index (χ1v) is 6.03. The van der Waals surface area contributed by atoms with Crippen molar-refractivity contribution in [2.24, 2.45) is 10.9 Å². The molecule has 6 nitrogen and oxygen atoms in total. The molecule has 2 rings (SSSR count). The van der Waals surface area contributed by atoms with Gasteiger partial charge in [-0.15, -0.1) is 0 Å². The molecule has 1 amide bonds. The van der Waals surface area contributed by atoms with Crippen LogP contribution >= 0.6 is 11.6 Å². The molecule has 0 fully saturated rings. The van der Waals surface area contributed by atoms with Crippen molar-refractivity contribution in [3.05, 3.63) is 52.4 Å². The summed E-state index contributed by atoms with van der Waals surface area (Å²) in [6, 6.07) is 6.52. The van der Waals surface area contributed by atoms with Gasteiger partial charge in [0.15, 0.2) is 5.84 Å². The van der Waals surface area contributed by atoms with Crippen molar-refractivity contribution in [1.82, 2.24) is 0 Å². The molecule has 2 aromatic rings. The highest BCUT2D eigenvalue weighted by Gasteiger charge is 2.14. The van der Waals surface area contributed by atoms with Crippen molar-refractivity contribution in [3.63, 3.8) is 0 Å². The zero-order valence-electron chi connectivity index (χ0n) is 10.6. The fourth-order valence-corrected chi connectivity index (χ4v) is 1.82. The Hall–Kier alpha value is -2.47. The SMILES string of the molecule is Cc1ccc(/C(N)=N/O)cc1NC(=O)c1ccoc1Cl. The molecule has 0 spiro atoms. The van der Waals surface area contributed by atoms with Crippen molar-refractivity contribution in [1.29, 1.82) is 0 Å². The summed E-state index contributed by atoms with van der Waals surface area (Å²) < 4.78 is 4.87. The van der Waals surface area contributed by atoms with E-state index in [2.05, 4.69) is 10.5 Å². The largest absolute Gasteiger partial charge is 0.452 e. The number of hydrogen-bond acceptors (Lipinski definition) is 4. The number of hydrogen-bond donors (Lipinski definition) is 3. The molecule has 0 bridgehead atoms. The molecule has 20 heavy (non-hydrogen) atoms. The molecule has 0 radical (unpaired) electrons. The third-order valence-corrected chi connectivity index (χ3v) is 3.04. The van der Waals surface area contributed by atoms with E-state index in [0.29, 0.717) is 11.3 Å². The molecule has 0 aliphatic rings. The number of anilines is 1. The van der Waals surface area contributed by atoms with Crippen LogP contribution in [0.3, 0.4) is 0 Å². The van der Waals surface area contributed by atoms with E-state index in [9.17, 15) is 4.79 Å². The maximum Gasteiger partial charge on any atom is 0.260 e. The van der Waals surface area contributed by atoms with Gasteiger partial charge in [0, 0.05) is 11.3 Å². The predicted octanol–water partition coefficient (Wildman–Crippen LogP) is 2.59. The molecule has 104 valence electrons. The zero-order chi connectivity index (χ0) is 14.7. The summed E-state index contributed by atoms with van der Waals surface area (Å²) in [6.07, 6.45) is 1.33. The Kier molecular flexibility index (Phi) is 3.95. The highest BCUT2D eigenvalue weighted by atomic mass is 35.5. The van der Waals surface area contributed by atoms with Gasteiger partial charge >= 0.3 is 0 Å². The number of carbonyl (C=O) groups excluding carboxylic acids is 1. The van der Waals surface area contributed by atoms with Gasteiger partial charge in [0.25, 0.3) is 5.91 Å². The Balaban J connectivity index is 2.29. The lowest BCUT2D eigenvalue weighted by Gasteiger charge is -2.09. The third kappa shape index (κ3) is 2.75. The second-order valence-electron chi connectivity index (χ2n) is 4.08. The summed E-state index contributed by atoms with van der Waals surface area (Å²) in [5.41, 5.74) is 7.61. The molecule has 0 saturated heterocycles. The molecular formula is C13H12ClN3O3.